The fourth-order valence-electron chi connectivity index (χ4n) is 1.90. The molecule has 90 valence electrons. The van der Waals surface area contributed by atoms with E-state index in [2.05, 4.69) is 4.98 Å². The third-order valence-electron chi connectivity index (χ3n) is 2.74. The van der Waals surface area contributed by atoms with Crippen molar-refractivity contribution in [2.45, 2.75) is 0 Å². The average Bonchev–Trinajstić information content (AvgIpc) is 2.72. The van der Waals surface area contributed by atoms with Crippen LogP contribution < -0.4 is 5.73 Å². The van der Waals surface area contributed by atoms with Gasteiger partial charge in [0.2, 0.25) is 0 Å². The van der Waals surface area contributed by atoms with Gasteiger partial charge in [0, 0.05) is 10.7 Å². The van der Waals surface area contributed by atoms with Gasteiger partial charge in [-0.25, -0.2) is 9.37 Å². The Bertz CT molecular complexity index is 736. The number of nitrogen functional groups attached to an aromatic ring is 1. The Morgan fingerprint density at radius 1 is 1.17 bits per heavy atom. The Morgan fingerprint density at radius 3 is 2.78 bits per heavy atom. The summed E-state index contributed by atoms with van der Waals surface area (Å²) in [5.41, 5.74) is 8.24. The molecule has 0 fully saturated rings. The van der Waals surface area contributed by atoms with Crippen molar-refractivity contribution >= 4 is 28.3 Å². The normalized spacial score (nSPS) is 11.0. The van der Waals surface area contributed by atoms with Crippen molar-refractivity contribution in [3.8, 4) is 5.69 Å². The minimum Gasteiger partial charge on any atom is -0.399 e. The number of hydrogen-bond acceptors (Lipinski definition) is 2. The van der Waals surface area contributed by atoms with E-state index >= 15 is 0 Å². The molecule has 0 saturated carbocycles. The minimum atomic E-state index is -0.390. The molecule has 0 atom stereocenters. The lowest BCUT2D eigenvalue weighted by atomic mass is 10.2. The van der Waals surface area contributed by atoms with Gasteiger partial charge < -0.3 is 5.73 Å². The number of rotatable bonds is 1. The number of hydrogen-bond donors (Lipinski definition) is 1. The number of benzene rings is 2. The summed E-state index contributed by atoms with van der Waals surface area (Å²) < 4.78 is 15.5. The zero-order valence-corrected chi connectivity index (χ0v) is 10.0. The highest BCUT2D eigenvalue weighted by molar-refractivity contribution is 6.30. The van der Waals surface area contributed by atoms with Gasteiger partial charge in [0.05, 0.1) is 16.7 Å². The number of halogens is 2. The van der Waals surface area contributed by atoms with Crippen LogP contribution in [0.5, 0.6) is 0 Å². The van der Waals surface area contributed by atoms with Crippen LogP contribution in [-0.2, 0) is 0 Å². The molecule has 3 rings (SSSR count). The van der Waals surface area contributed by atoms with E-state index in [0.29, 0.717) is 16.4 Å². The molecule has 0 bridgehead atoms. The molecule has 1 aromatic heterocycles. The van der Waals surface area contributed by atoms with E-state index in [-0.39, 0.29) is 0 Å². The van der Waals surface area contributed by atoms with E-state index in [1.54, 1.807) is 35.2 Å². The summed E-state index contributed by atoms with van der Waals surface area (Å²) in [5, 5.41) is 0.366. The molecule has 0 aliphatic heterocycles. The second-order valence-electron chi connectivity index (χ2n) is 3.96. The predicted molar refractivity (Wildman–Crippen MR) is 70.5 cm³/mol. The maximum Gasteiger partial charge on any atom is 0.148 e. The zero-order valence-electron chi connectivity index (χ0n) is 9.27. The van der Waals surface area contributed by atoms with Crippen LogP contribution in [-0.4, -0.2) is 9.55 Å². The molecule has 2 N–H and O–H groups in total. The highest BCUT2D eigenvalue weighted by atomic mass is 35.5. The average molecular weight is 262 g/mol. The molecule has 0 unspecified atom stereocenters. The van der Waals surface area contributed by atoms with Gasteiger partial charge in [0.15, 0.2) is 0 Å². The second kappa shape index (κ2) is 3.99. The molecule has 1 heterocycles. The summed E-state index contributed by atoms with van der Waals surface area (Å²) >= 11 is 5.74. The molecule has 0 spiro atoms. The van der Waals surface area contributed by atoms with E-state index in [0.717, 1.165) is 11.0 Å². The van der Waals surface area contributed by atoms with Crippen LogP contribution in [0.1, 0.15) is 0 Å². The van der Waals surface area contributed by atoms with Crippen molar-refractivity contribution in [1.29, 1.82) is 0 Å². The number of fused-ring (bicyclic) bond motifs is 1. The molecule has 3 aromatic rings. The SMILES string of the molecule is Nc1ccc2c(c1)ncn2-c1ccc(Cl)cc1F. The summed E-state index contributed by atoms with van der Waals surface area (Å²) in [6, 6.07) is 9.86. The number of nitrogens with zero attached hydrogens (tertiary/aromatic N) is 2. The third kappa shape index (κ3) is 1.71. The van der Waals surface area contributed by atoms with Crippen molar-refractivity contribution in [1.82, 2.24) is 9.55 Å². The van der Waals surface area contributed by atoms with E-state index in [4.69, 9.17) is 17.3 Å². The monoisotopic (exact) mass is 261 g/mol. The van der Waals surface area contributed by atoms with Crippen LogP contribution in [0.15, 0.2) is 42.7 Å². The molecule has 5 heteroatoms. The molecule has 2 aromatic carbocycles. The molecular formula is C13H9ClFN3. The Kier molecular flexibility index (Phi) is 2.45. The molecular weight excluding hydrogens is 253 g/mol. The van der Waals surface area contributed by atoms with E-state index in [1.165, 1.54) is 6.07 Å². The largest absolute Gasteiger partial charge is 0.399 e. The van der Waals surface area contributed by atoms with Crippen LogP contribution >= 0.6 is 11.6 Å². The third-order valence-corrected chi connectivity index (χ3v) is 2.98. The summed E-state index contributed by atoms with van der Waals surface area (Å²) in [6.07, 6.45) is 1.57. The summed E-state index contributed by atoms with van der Waals surface area (Å²) in [5.74, 6) is -0.390. The Labute approximate surface area is 108 Å². The molecule has 0 radical (unpaired) electrons. The van der Waals surface area contributed by atoms with Gasteiger partial charge in [-0.05, 0) is 36.4 Å². The van der Waals surface area contributed by atoms with Crippen LogP contribution in [0.4, 0.5) is 10.1 Å². The highest BCUT2D eigenvalue weighted by Gasteiger charge is 2.09. The first-order valence-corrected chi connectivity index (χ1v) is 5.71. The van der Waals surface area contributed by atoms with Crippen LogP contribution in [0.2, 0.25) is 5.02 Å². The number of nitrogens with two attached hydrogens (primary N) is 1. The van der Waals surface area contributed by atoms with Crippen molar-refractivity contribution in [3.05, 3.63) is 53.6 Å². The number of anilines is 1. The van der Waals surface area contributed by atoms with Gasteiger partial charge in [0.25, 0.3) is 0 Å². The Hall–Kier alpha value is -2.07. The van der Waals surface area contributed by atoms with Crippen LogP contribution in [0.25, 0.3) is 16.7 Å². The second-order valence-corrected chi connectivity index (χ2v) is 4.39. The summed E-state index contributed by atoms with van der Waals surface area (Å²) in [4.78, 5) is 4.20. The lowest BCUT2D eigenvalue weighted by Crippen LogP contribution is -1.96. The standard InChI is InChI=1S/C13H9ClFN3/c14-8-1-3-12(10(15)5-8)18-7-17-11-6-9(16)2-4-13(11)18/h1-7H,16H2. The van der Waals surface area contributed by atoms with Crippen molar-refractivity contribution in [3.63, 3.8) is 0 Å². The lowest BCUT2D eigenvalue weighted by Gasteiger charge is -2.06. The topological polar surface area (TPSA) is 43.8 Å². The Morgan fingerprint density at radius 2 is 2.00 bits per heavy atom. The minimum absolute atomic E-state index is 0.366. The first-order chi connectivity index (χ1) is 8.65. The zero-order chi connectivity index (χ0) is 12.7. The first-order valence-electron chi connectivity index (χ1n) is 5.33. The lowest BCUT2D eigenvalue weighted by molar-refractivity contribution is 0.619. The van der Waals surface area contributed by atoms with E-state index in [9.17, 15) is 4.39 Å². The Balaban J connectivity index is 2.25. The van der Waals surface area contributed by atoms with Gasteiger partial charge in [0.1, 0.15) is 12.1 Å². The quantitative estimate of drug-likeness (QED) is 0.682. The molecule has 3 nitrogen and oxygen atoms in total. The van der Waals surface area contributed by atoms with Gasteiger partial charge in [-0.3, -0.25) is 4.57 Å². The molecule has 0 saturated heterocycles. The first kappa shape index (κ1) is 11.0. The van der Waals surface area contributed by atoms with E-state index in [1.807, 2.05) is 6.07 Å². The van der Waals surface area contributed by atoms with Crippen molar-refractivity contribution in [2.75, 3.05) is 5.73 Å². The van der Waals surface area contributed by atoms with Gasteiger partial charge in [-0.2, -0.15) is 0 Å². The highest BCUT2D eigenvalue weighted by Crippen LogP contribution is 2.23. The van der Waals surface area contributed by atoms with Crippen LogP contribution in [0, 0.1) is 5.82 Å². The predicted octanol–water partition coefficient (Wildman–Crippen LogP) is 3.40. The smallest absolute Gasteiger partial charge is 0.148 e. The number of imidazole rings is 1. The molecule has 0 aliphatic rings. The maximum atomic E-state index is 13.9. The van der Waals surface area contributed by atoms with Crippen molar-refractivity contribution in [2.24, 2.45) is 0 Å². The van der Waals surface area contributed by atoms with Crippen molar-refractivity contribution < 1.29 is 4.39 Å². The fraction of sp³-hybridized carbons (Fsp3) is 0. The number of aromatic nitrogens is 2. The fourth-order valence-corrected chi connectivity index (χ4v) is 2.06. The molecule has 0 amide bonds. The van der Waals surface area contributed by atoms with Gasteiger partial charge in [-0.15, -0.1) is 0 Å². The summed E-state index contributed by atoms with van der Waals surface area (Å²) in [6.45, 7) is 0. The van der Waals surface area contributed by atoms with Crippen LogP contribution in [0.3, 0.4) is 0 Å². The maximum absolute atomic E-state index is 13.9. The van der Waals surface area contributed by atoms with Gasteiger partial charge >= 0.3 is 0 Å². The molecule has 18 heavy (non-hydrogen) atoms. The molecule has 0 aliphatic carbocycles. The summed E-state index contributed by atoms with van der Waals surface area (Å²) in [7, 11) is 0. The van der Waals surface area contributed by atoms with Gasteiger partial charge in [-0.1, -0.05) is 11.6 Å². The van der Waals surface area contributed by atoms with E-state index < -0.39 is 5.82 Å².